The van der Waals surface area contributed by atoms with Gasteiger partial charge in [0.25, 0.3) is 0 Å². The van der Waals surface area contributed by atoms with Crippen LogP contribution in [0.1, 0.15) is 0 Å². The molecule has 29 heavy (non-hydrogen) atoms. The second kappa shape index (κ2) is 11.0. The number of methoxy groups -OCH3 is 1. The highest BCUT2D eigenvalue weighted by molar-refractivity contribution is 5.58. The molecule has 3 rings (SSSR count). The summed E-state index contributed by atoms with van der Waals surface area (Å²) in [4.78, 5) is 4.56. The van der Waals surface area contributed by atoms with Crippen molar-refractivity contribution in [1.82, 2.24) is 4.90 Å². The van der Waals surface area contributed by atoms with Crippen LogP contribution in [-0.4, -0.2) is 75.8 Å². The minimum absolute atomic E-state index is 0.263. The quantitative estimate of drug-likeness (QED) is 0.614. The van der Waals surface area contributed by atoms with E-state index in [4.69, 9.17) is 14.2 Å². The van der Waals surface area contributed by atoms with Crippen LogP contribution < -0.4 is 14.4 Å². The van der Waals surface area contributed by atoms with Crippen LogP contribution in [0, 0.1) is 5.82 Å². The third-order valence-corrected chi connectivity index (χ3v) is 4.89. The number of rotatable bonds is 10. The first kappa shape index (κ1) is 21.4. The number of halogens is 1. The van der Waals surface area contributed by atoms with Gasteiger partial charge >= 0.3 is 0 Å². The molecule has 0 saturated carbocycles. The highest BCUT2D eigenvalue weighted by Gasteiger charge is 2.21. The Labute approximate surface area is 171 Å². The second-order valence-corrected chi connectivity index (χ2v) is 6.99. The Kier molecular flexibility index (Phi) is 8.10. The Balaban J connectivity index is 1.30. The number of β-amino-alcohol motifs (C(OH)–C–C–N with tert-alkyl or cyclic N) is 1. The van der Waals surface area contributed by atoms with Crippen LogP contribution in [0.2, 0.25) is 0 Å². The number of para-hydroxylation sites is 2. The molecule has 1 aliphatic heterocycles. The number of ether oxygens (including phenoxy) is 3. The molecule has 7 heteroatoms. The number of benzene rings is 2. The first-order valence-corrected chi connectivity index (χ1v) is 9.90. The lowest BCUT2D eigenvalue weighted by Crippen LogP contribution is -2.49. The molecule has 6 nitrogen and oxygen atoms in total. The molecule has 1 saturated heterocycles. The van der Waals surface area contributed by atoms with E-state index in [1.165, 1.54) is 12.1 Å². The summed E-state index contributed by atoms with van der Waals surface area (Å²) in [6.07, 6.45) is -0.543. The number of nitrogens with zero attached hydrogens (tertiary/aromatic N) is 2. The lowest BCUT2D eigenvalue weighted by molar-refractivity contribution is 0.00716. The summed E-state index contributed by atoms with van der Waals surface area (Å²) in [6.45, 7) is 5.11. The Morgan fingerprint density at radius 2 is 1.72 bits per heavy atom. The molecule has 0 aromatic heterocycles. The summed E-state index contributed by atoms with van der Waals surface area (Å²) < 4.78 is 29.2. The molecule has 1 heterocycles. The van der Waals surface area contributed by atoms with Gasteiger partial charge in [-0.25, -0.2) is 4.39 Å². The lowest BCUT2D eigenvalue weighted by atomic mass is 10.2. The molecule has 0 aliphatic carbocycles. The SMILES string of the molecule is COc1ccccc1N1CCN(CC(O)COCCOc2ccc(F)cc2)CC1. The molecule has 1 unspecified atom stereocenters. The smallest absolute Gasteiger partial charge is 0.142 e. The monoisotopic (exact) mass is 404 g/mol. The van der Waals surface area contributed by atoms with Crippen molar-refractivity contribution in [2.75, 3.05) is 64.6 Å². The fourth-order valence-electron chi connectivity index (χ4n) is 3.38. The minimum Gasteiger partial charge on any atom is -0.495 e. The summed E-state index contributed by atoms with van der Waals surface area (Å²) in [5, 5.41) is 10.2. The van der Waals surface area contributed by atoms with E-state index >= 15 is 0 Å². The lowest BCUT2D eigenvalue weighted by Gasteiger charge is -2.37. The van der Waals surface area contributed by atoms with Gasteiger partial charge in [0.15, 0.2) is 0 Å². The van der Waals surface area contributed by atoms with E-state index in [2.05, 4.69) is 15.9 Å². The fraction of sp³-hybridized carbons (Fsp3) is 0.455. The fourth-order valence-corrected chi connectivity index (χ4v) is 3.38. The highest BCUT2D eigenvalue weighted by Crippen LogP contribution is 2.28. The topological polar surface area (TPSA) is 54.4 Å². The van der Waals surface area contributed by atoms with Crippen LogP contribution in [-0.2, 0) is 4.74 Å². The Morgan fingerprint density at radius 1 is 1.00 bits per heavy atom. The van der Waals surface area contributed by atoms with Crippen molar-refractivity contribution in [3.05, 3.63) is 54.3 Å². The largest absolute Gasteiger partial charge is 0.495 e. The molecule has 0 amide bonds. The summed E-state index contributed by atoms with van der Waals surface area (Å²) in [5.74, 6) is 1.20. The summed E-state index contributed by atoms with van der Waals surface area (Å²) >= 11 is 0. The third-order valence-electron chi connectivity index (χ3n) is 4.89. The zero-order valence-corrected chi connectivity index (χ0v) is 16.8. The number of hydrogen-bond donors (Lipinski definition) is 1. The van der Waals surface area contributed by atoms with E-state index in [1.807, 2.05) is 18.2 Å². The van der Waals surface area contributed by atoms with Gasteiger partial charge in [0, 0.05) is 32.7 Å². The molecule has 0 bridgehead atoms. The van der Waals surface area contributed by atoms with Gasteiger partial charge in [-0.05, 0) is 36.4 Å². The van der Waals surface area contributed by atoms with E-state index in [1.54, 1.807) is 19.2 Å². The summed E-state index contributed by atoms with van der Waals surface area (Å²) in [7, 11) is 1.69. The molecular formula is C22H29FN2O4. The standard InChI is InChI=1S/C22H29FN2O4/c1-27-22-5-3-2-4-21(22)25-12-10-24(11-13-25)16-19(26)17-28-14-15-29-20-8-6-18(23)7-9-20/h2-9,19,26H,10-17H2,1H3. The van der Waals surface area contributed by atoms with Crippen LogP contribution in [0.5, 0.6) is 11.5 Å². The predicted molar refractivity (Wildman–Crippen MR) is 110 cm³/mol. The van der Waals surface area contributed by atoms with Crippen molar-refractivity contribution < 1.29 is 23.7 Å². The van der Waals surface area contributed by atoms with E-state index in [0.717, 1.165) is 37.6 Å². The number of aliphatic hydroxyl groups is 1. The Bertz CT molecular complexity index is 736. The van der Waals surface area contributed by atoms with E-state index in [-0.39, 0.29) is 12.4 Å². The molecule has 1 N–H and O–H groups in total. The molecule has 1 fully saturated rings. The maximum Gasteiger partial charge on any atom is 0.142 e. The van der Waals surface area contributed by atoms with Crippen LogP contribution in [0.3, 0.4) is 0 Å². The van der Waals surface area contributed by atoms with Crippen molar-refractivity contribution in [2.45, 2.75) is 6.10 Å². The maximum atomic E-state index is 12.8. The summed E-state index contributed by atoms with van der Waals surface area (Å²) in [5.41, 5.74) is 1.11. The molecule has 1 aliphatic rings. The Morgan fingerprint density at radius 3 is 2.45 bits per heavy atom. The molecule has 1 atom stereocenters. The number of hydrogen-bond acceptors (Lipinski definition) is 6. The molecular weight excluding hydrogens is 375 g/mol. The summed E-state index contributed by atoms with van der Waals surface area (Å²) in [6, 6.07) is 13.9. The van der Waals surface area contributed by atoms with Crippen molar-refractivity contribution in [2.24, 2.45) is 0 Å². The molecule has 158 valence electrons. The van der Waals surface area contributed by atoms with Crippen LogP contribution in [0.25, 0.3) is 0 Å². The predicted octanol–water partition coefficient (Wildman–Crippen LogP) is 2.41. The number of aliphatic hydroxyl groups excluding tert-OH is 1. The number of anilines is 1. The maximum absolute atomic E-state index is 12.8. The Hall–Kier alpha value is -2.35. The van der Waals surface area contributed by atoms with Gasteiger partial charge in [0.2, 0.25) is 0 Å². The van der Waals surface area contributed by atoms with Crippen LogP contribution in [0.4, 0.5) is 10.1 Å². The van der Waals surface area contributed by atoms with Crippen molar-refractivity contribution in [3.8, 4) is 11.5 Å². The van der Waals surface area contributed by atoms with E-state index in [0.29, 0.717) is 25.5 Å². The molecule has 0 spiro atoms. The van der Waals surface area contributed by atoms with Gasteiger partial charge in [-0.15, -0.1) is 0 Å². The van der Waals surface area contributed by atoms with Crippen molar-refractivity contribution in [3.63, 3.8) is 0 Å². The first-order chi connectivity index (χ1) is 14.2. The zero-order valence-electron chi connectivity index (χ0n) is 16.8. The first-order valence-electron chi connectivity index (χ1n) is 9.90. The number of piperazine rings is 1. The minimum atomic E-state index is -0.543. The van der Waals surface area contributed by atoms with Gasteiger partial charge in [0.05, 0.1) is 32.1 Å². The van der Waals surface area contributed by atoms with Gasteiger partial charge < -0.3 is 24.2 Å². The van der Waals surface area contributed by atoms with Gasteiger partial charge in [-0.2, -0.15) is 0 Å². The molecule has 0 radical (unpaired) electrons. The van der Waals surface area contributed by atoms with Crippen LogP contribution >= 0.6 is 0 Å². The normalized spacial score (nSPS) is 15.9. The highest BCUT2D eigenvalue weighted by atomic mass is 19.1. The van der Waals surface area contributed by atoms with Crippen molar-refractivity contribution in [1.29, 1.82) is 0 Å². The molecule has 2 aromatic carbocycles. The van der Waals surface area contributed by atoms with Gasteiger partial charge in [-0.3, -0.25) is 4.90 Å². The van der Waals surface area contributed by atoms with E-state index in [9.17, 15) is 9.50 Å². The average molecular weight is 404 g/mol. The van der Waals surface area contributed by atoms with Gasteiger partial charge in [-0.1, -0.05) is 12.1 Å². The van der Waals surface area contributed by atoms with Crippen LogP contribution in [0.15, 0.2) is 48.5 Å². The molecule has 2 aromatic rings. The van der Waals surface area contributed by atoms with Crippen molar-refractivity contribution >= 4 is 5.69 Å². The zero-order chi connectivity index (χ0) is 20.5. The average Bonchev–Trinajstić information content (AvgIpc) is 2.75. The van der Waals surface area contributed by atoms with E-state index < -0.39 is 6.10 Å². The second-order valence-electron chi connectivity index (χ2n) is 6.99. The van der Waals surface area contributed by atoms with Gasteiger partial charge in [0.1, 0.15) is 23.9 Å². The third kappa shape index (κ3) is 6.59.